The van der Waals surface area contributed by atoms with Gasteiger partial charge >= 0.3 is 12.0 Å². The first-order valence-electron chi connectivity index (χ1n) is 12.8. The molecule has 196 valence electrons. The van der Waals surface area contributed by atoms with Crippen molar-refractivity contribution < 1.29 is 14.7 Å². The Bertz CT molecular complexity index is 1460. The zero-order valence-electron chi connectivity index (χ0n) is 21.4. The second-order valence-electron chi connectivity index (χ2n) is 9.24. The molecule has 0 aliphatic carbocycles. The molecular weight excluding hydrogens is 500 g/mol. The van der Waals surface area contributed by atoms with E-state index in [2.05, 4.69) is 39.6 Å². The van der Waals surface area contributed by atoms with Gasteiger partial charge in [0.1, 0.15) is 5.82 Å². The summed E-state index contributed by atoms with van der Waals surface area (Å²) in [5, 5.41) is 15.4. The monoisotopic (exact) mass is 530 g/mol. The lowest BCUT2D eigenvalue weighted by Gasteiger charge is -2.31. The fraction of sp³-hybridized carbons (Fsp3) is 0.321. The zero-order valence-corrected chi connectivity index (χ0v) is 22.2. The van der Waals surface area contributed by atoms with E-state index in [4.69, 9.17) is 9.97 Å². The van der Waals surface area contributed by atoms with Crippen molar-refractivity contribution in [1.82, 2.24) is 20.3 Å². The molecule has 1 aromatic carbocycles. The standard InChI is InChI=1S/C28H30N6O3S/c1-3-17-15-24(34-11-8-18(9-12-34)26(35)36)31-16-21(17)19-13-20(22-7-5-6-10-30-22)25-23(14-19)32-28(38-25)33-27(37)29-4-2/h5-7,10,13-16,18H,3-4,8-9,11-12H2,1-2H3,(H,35,36)(H2,29,32,33,37). The number of aryl methyl sites for hydroxylation is 1. The average molecular weight is 531 g/mol. The Morgan fingerprint density at radius 2 is 1.92 bits per heavy atom. The molecule has 0 unspecified atom stereocenters. The Kier molecular flexibility index (Phi) is 7.50. The number of fused-ring (bicyclic) bond motifs is 1. The molecule has 1 aliphatic heterocycles. The van der Waals surface area contributed by atoms with E-state index in [0.29, 0.717) is 37.6 Å². The van der Waals surface area contributed by atoms with Gasteiger partial charge < -0.3 is 15.3 Å². The Morgan fingerprint density at radius 1 is 1.11 bits per heavy atom. The van der Waals surface area contributed by atoms with E-state index in [1.807, 2.05) is 37.4 Å². The second kappa shape index (κ2) is 11.1. The number of carboxylic acids is 1. The molecule has 4 aromatic rings. The van der Waals surface area contributed by atoms with Crippen LogP contribution in [-0.4, -0.2) is 51.7 Å². The lowest BCUT2D eigenvalue weighted by atomic mass is 9.95. The van der Waals surface area contributed by atoms with Gasteiger partial charge in [0.2, 0.25) is 0 Å². The van der Waals surface area contributed by atoms with Crippen LogP contribution in [0, 0.1) is 5.92 Å². The fourth-order valence-electron chi connectivity index (χ4n) is 4.82. The third kappa shape index (κ3) is 5.31. The maximum Gasteiger partial charge on any atom is 0.321 e. The molecule has 38 heavy (non-hydrogen) atoms. The summed E-state index contributed by atoms with van der Waals surface area (Å²) in [6.07, 6.45) is 5.74. The summed E-state index contributed by atoms with van der Waals surface area (Å²) < 4.78 is 0.947. The van der Waals surface area contributed by atoms with Crippen molar-refractivity contribution in [2.75, 3.05) is 29.9 Å². The number of aliphatic carboxylic acids is 1. The van der Waals surface area contributed by atoms with Crippen LogP contribution in [0.3, 0.4) is 0 Å². The van der Waals surface area contributed by atoms with Crippen molar-refractivity contribution in [2.24, 2.45) is 5.92 Å². The first-order chi connectivity index (χ1) is 18.5. The van der Waals surface area contributed by atoms with Gasteiger partial charge in [-0.2, -0.15) is 0 Å². The molecule has 0 bridgehead atoms. The van der Waals surface area contributed by atoms with E-state index in [0.717, 1.165) is 50.4 Å². The molecule has 0 atom stereocenters. The summed E-state index contributed by atoms with van der Waals surface area (Å²) in [4.78, 5) is 39.7. The number of aromatic nitrogens is 3. The minimum Gasteiger partial charge on any atom is -0.481 e. The Hall–Kier alpha value is -4.05. The van der Waals surface area contributed by atoms with Gasteiger partial charge in [0.15, 0.2) is 5.13 Å². The van der Waals surface area contributed by atoms with Crippen LogP contribution in [0.1, 0.15) is 32.3 Å². The molecule has 0 spiro atoms. The molecule has 4 heterocycles. The molecule has 0 radical (unpaired) electrons. The highest BCUT2D eigenvalue weighted by Crippen LogP contribution is 2.39. The smallest absolute Gasteiger partial charge is 0.321 e. The zero-order chi connectivity index (χ0) is 26.6. The van der Waals surface area contributed by atoms with E-state index >= 15 is 0 Å². The summed E-state index contributed by atoms with van der Waals surface area (Å²) in [5.41, 5.74) is 5.70. The quantitative estimate of drug-likeness (QED) is 0.292. The molecule has 2 amide bonds. The van der Waals surface area contributed by atoms with Gasteiger partial charge in [0, 0.05) is 43.2 Å². The predicted octanol–water partition coefficient (Wildman–Crippen LogP) is 5.43. The molecule has 1 aliphatic rings. The molecule has 3 aromatic heterocycles. The number of hydrogen-bond acceptors (Lipinski definition) is 7. The third-order valence-electron chi connectivity index (χ3n) is 6.82. The number of carboxylic acid groups (broad SMARTS) is 1. The van der Waals surface area contributed by atoms with E-state index in [1.165, 1.54) is 11.3 Å². The Labute approximate surface area is 225 Å². The van der Waals surface area contributed by atoms with E-state index < -0.39 is 5.97 Å². The number of hydrogen-bond donors (Lipinski definition) is 3. The van der Waals surface area contributed by atoms with Crippen molar-refractivity contribution in [1.29, 1.82) is 0 Å². The third-order valence-corrected chi connectivity index (χ3v) is 7.84. The van der Waals surface area contributed by atoms with Crippen LogP contribution in [-0.2, 0) is 11.2 Å². The molecule has 5 rings (SSSR count). The summed E-state index contributed by atoms with van der Waals surface area (Å²) in [5.74, 6) is -0.117. The topological polar surface area (TPSA) is 120 Å². The molecule has 0 saturated carbocycles. The highest BCUT2D eigenvalue weighted by molar-refractivity contribution is 7.22. The van der Waals surface area contributed by atoms with Crippen molar-refractivity contribution in [3.8, 4) is 22.4 Å². The van der Waals surface area contributed by atoms with Crippen LogP contribution in [0.15, 0.2) is 48.8 Å². The van der Waals surface area contributed by atoms with Gasteiger partial charge in [-0.05, 0) is 67.6 Å². The maximum atomic E-state index is 12.1. The van der Waals surface area contributed by atoms with Crippen LogP contribution < -0.4 is 15.5 Å². The summed E-state index contributed by atoms with van der Waals surface area (Å²) in [7, 11) is 0. The van der Waals surface area contributed by atoms with Crippen LogP contribution in [0.5, 0.6) is 0 Å². The minimum atomic E-state index is -0.715. The maximum absolute atomic E-state index is 12.1. The molecule has 1 fully saturated rings. The van der Waals surface area contributed by atoms with Gasteiger partial charge in [0.25, 0.3) is 0 Å². The van der Waals surface area contributed by atoms with Gasteiger partial charge in [-0.3, -0.25) is 15.1 Å². The van der Waals surface area contributed by atoms with Crippen LogP contribution in [0.2, 0.25) is 0 Å². The first-order valence-corrected chi connectivity index (χ1v) is 13.7. The van der Waals surface area contributed by atoms with Crippen LogP contribution in [0.4, 0.5) is 15.7 Å². The number of amides is 2. The molecule has 9 nitrogen and oxygen atoms in total. The highest BCUT2D eigenvalue weighted by Gasteiger charge is 2.25. The number of thiazole rings is 1. The number of carbonyl (C=O) groups excluding carboxylic acids is 1. The number of nitrogens with zero attached hydrogens (tertiary/aromatic N) is 4. The van der Waals surface area contributed by atoms with E-state index in [1.54, 1.807) is 6.20 Å². The van der Waals surface area contributed by atoms with Crippen molar-refractivity contribution in [3.05, 3.63) is 54.4 Å². The number of benzene rings is 1. The minimum absolute atomic E-state index is 0.279. The average Bonchev–Trinajstić information content (AvgIpc) is 3.35. The Balaban J connectivity index is 1.53. The molecule has 1 saturated heterocycles. The number of carbonyl (C=O) groups is 2. The molecule has 10 heteroatoms. The first kappa shape index (κ1) is 25.6. The van der Waals surface area contributed by atoms with Crippen molar-refractivity contribution in [2.45, 2.75) is 33.1 Å². The molecular formula is C28H30N6O3S. The second-order valence-corrected chi connectivity index (χ2v) is 10.2. The van der Waals surface area contributed by atoms with Gasteiger partial charge in [0.05, 0.1) is 21.8 Å². The van der Waals surface area contributed by atoms with Crippen molar-refractivity contribution in [3.63, 3.8) is 0 Å². The van der Waals surface area contributed by atoms with Gasteiger partial charge in [-0.15, -0.1) is 0 Å². The van der Waals surface area contributed by atoms with E-state index in [-0.39, 0.29) is 11.9 Å². The lowest BCUT2D eigenvalue weighted by Crippen LogP contribution is -2.36. The SMILES string of the molecule is CCNC(=O)Nc1nc2cc(-c3cnc(N4CCC(C(=O)O)CC4)cc3CC)cc(-c3ccccn3)c2s1. The Morgan fingerprint density at radius 3 is 2.61 bits per heavy atom. The van der Waals surface area contributed by atoms with E-state index in [9.17, 15) is 14.7 Å². The fourth-order valence-corrected chi connectivity index (χ4v) is 5.78. The summed E-state index contributed by atoms with van der Waals surface area (Å²) in [6.45, 7) is 5.88. The number of urea groups is 1. The lowest BCUT2D eigenvalue weighted by molar-refractivity contribution is -0.142. The normalized spacial score (nSPS) is 14.0. The number of pyridine rings is 2. The van der Waals surface area contributed by atoms with Crippen LogP contribution in [0.25, 0.3) is 32.6 Å². The number of piperidine rings is 1. The summed E-state index contributed by atoms with van der Waals surface area (Å²) >= 11 is 1.42. The van der Waals surface area contributed by atoms with Gasteiger partial charge in [-0.25, -0.2) is 14.8 Å². The number of anilines is 2. The van der Waals surface area contributed by atoms with Crippen LogP contribution >= 0.6 is 11.3 Å². The van der Waals surface area contributed by atoms with Crippen molar-refractivity contribution >= 4 is 44.5 Å². The predicted molar refractivity (Wildman–Crippen MR) is 151 cm³/mol. The highest BCUT2D eigenvalue weighted by atomic mass is 32.1. The number of rotatable bonds is 7. The van der Waals surface area contributed by atoms with Gasteiger partial charge in [-0.1, -0.05) is 24.3 Å². The number of nitrogens with one attached hydrogen (secondary N) is 2. The summed E-state index contributed by atoms with van der Waals surface area (Å²) in [6, 6.07) is 11.8. The molecule has 3 N–H and O–H groups in total. The largest absolute Gasteiger partial charge is 0.481 e.